The molecule has 1 aromatic heterocycles. The highest BCUT2D eigenvalue weighted by Crippen LogP contribution is 2.27. The van der Waals surface area contributed by atoms with Crippen LogP contribution in [-0.2, 0) is 4.79 Å². The zero-order chi connectivity index (χ0) is 18.0. The molecule has 1 aliphatic heterocycles. The van der Waals surface area contributed by atoms with Gasteiger partial charge in [0.25, 0.3) is 11.1 Å². The molecule has 1 aromatic carbocycles. The van der Waals surface area contributed by atoms with Gasteiger partial charge in [-0.2, -0.15) is 0 Å². The Balaban J connectivity index is 1.75. The SMILES string of the molecule is O=C1NC(=O)/C(=C/c2ccc(-c3ccc(OC(F)(F)F)cc3)nc2)S1. The predicted molar refractivity (Wildman–Crippen MR) is 85.5 cm³/mol. The molecular formula is C16H9F3N2O3S. The van der Waals surface area contributed by atoms with Gasteiger partial charge in [0.05, 0.1) is 10.6 Å². The normalized spacial score (nSPS) is 16.2. The number of nitrogens with zero attached hydrogens (tertiary/aromatic N) is 1. The molecule has 0 saturated carbocycles. The van der Waals surface area contributed by atoms with Crippen LogP contribution in [0.3, 0.4) is 0 Å². The smallest absolute Gasteiger partial charge is 0.406 e. The minimum Gasteiger partial charge on any atom is -0.406 e. The summed E-state index contributed by atoms with van der Waals surface area (Å²) in [5.74, 6) is -0.772. The van der Waals surface area contributed by atoms with Gasteiger partial charge in [0.2, 0.25) is 0 Å². The number of hydrogen-bond acceptors (Lipinski definition) is 5. The summed E-state index contributed by atoms with van der Waals surface area (Å²) in [5, 5.41) is 1.72. The maximum atomic E-state index is 12.1. The number of alkyl halides is 3. The largest absolute Gasteiger partial charge is 0.573 e. The van der Waals surface area contributed by atoms with Gasteiger partial charge in [-0.05, 0) is 53.7 Å². The number of halogens is 3. The molecule has 2 aromatic rings. The fourth-order valence-electron chi connectivity index (χ4n) is 2.06. The second kappa shape index (κ2) is 6.60. The Bertz CT molecular complexity index is 846. The summed E-state index contributed by atoms with van der Waals surface area (Å²) in [7, 11) is 0. The Morgan fingerprint density at radius 2 is 1.80 bits per heavy atom. The maximum Gasteiger partial charge on any atom is 0.573 e. The first-order valence-electron chi connectivity index (χ1n) is 6.87. The lowest BCUT2D eigenvalue weighted by Gasteiger charge is -2.09. The zero-order valence-corrected chi connectivity index (χ0v) is 13.1. The van der Waals surface area contributed by atoms with Crippen LogP contribution in [0.1, 0.15) is 5.56 Å². The number of ether oxygens (including phenoxy) is 1. The number of benzene rings is 1. The molecule has 1 saturated heterocycles. The molecule has 128 valence electrons. The highest BCUT2D eigenvalue weighted by atomic mass is 32.2. The maximum absolute atomic E-state index is 12.1. The number of hydrogen-bond donors (Lipinski definition) is 1. The van der Waals surface area contributed by atoms with Crippen molar-refractivity contribution in [1.29, 1.82) is 0 Å². The summed E-state index contributed by atoms with van der Waals surface area (Å²) in [5.41, 5.74) is 1.77. The summed E-state index contributed by atoms with van der Waals surface area (Å²) in [6, 6.07) is 8.66. The van der Waals surface area contributed by atoms with E-state index in [-0.39, 0.29) is 10.7 Å². The number of imide groups is 1. The molecule has 25 heavy (non-hydrogen) atoms. The molecule has 1 aliphatic rings. The Kier molecular flexibility index (Phi) is 4.49. The highest BCUT2D eigenvalue weighted by Gasteiger charge is 2.31. The number of rotatable bonds is 3. The molecule has 0 aliphatic carbocycles. The zero-order valence-electron chi connectivity index (χ0n) is 12.3. The minimum absolute atomic E-state index is 0.271. The van der Waals surface area contributed by atoms with Gasteiger partial charge >= 0.3 is 6.36 Å². The summed E-state index contributed by atoms with van der Waals surface area (Å²) < 4.78 is 40.2. The summed E-state index contributed by atoms with van der Waals surface area (Å²) in [4.78, 5) is 27.1. The first-order valence-corrected chi connectivity index (χ1v) is 7.69. The third-order valence-corrected chi connectivity index (χ3v) is 3.92. The Labute approximate surface area is 143 Å². The number of pyridine rings is 1. The summed E-state index contributed by atoms with van der Waals surface area (Å²) in [6.45, 7) is 0. The van der Waals surface area contributed by atoms with Crippen molar-refractivity contribution >= 4 is 29.0 Å². The molecule has 5 nitrogen and oxygen atoms in total. The van der Waals surface area contributed by atoms with Crippen molar-refractivity contribution in [3.63, 3.8) is 0 Å². The number of thioether (sulfide) groups is 1. The van der Waals surface area contributed by atoms with Crippen LogP contribution in [0.4, 0.5) is 18.0 Å². The molecule has 3 rings (SSSR count). The van der Waals surface area contributed by atoms with E-state index >= 15 is 0 Å². The van der Waals surface area contributed by atoms with Gasteiger partial charge in [-0.25, -0.2) is 0 Å². The van der Waals surface area contributed by atoms with E-state index in [1.54, 1.807) is 12.1 Å². The number of carbonyl (C=O) groups is 2. The molecule has 2 amide bonds. The van der Waals surface area contributed by atoms with E-state index in [0.29, 0.717) is 16.8 Å². The van der Waals surface area contributed by atoms with E-state index < -0.39 is 17.5 Å². The van der Waals surface area contributed by atoms with E-state index in [0.717, 1.165) is 11.8 Å². The molecule has 0 atom stereocenters. The van der Waals surface area contributed by atoms with Gasteiger partial charge in [-0.15, -0.1) is 13.2 Å². The van der Waals surface area contributed by atoms with E-state index in [4.69, 9.17) is 0 Å². The topological polar surface area (TPSA) is 68.3 Å². The number of aromatic nitrogens is 1. The predicted octanol–water partition coefficient (Wildman–Crippen LogP) is 3.97. The number of amides is 2. The van der Waals surface area contributed by atoms with Crippen LogP contribution in [0, 0.1) is 0 Å². The van der Waals surface area contributed by atoms with Crippen LogP contribution in [-0.4, -0.2) is 22.5 Å². The first-order chi connectivity index (χ1) is 11.8. The van der Waals surface area contributed by atoms with Gasteiger partial charge in [-0.3, -0.25) is 19.9 Å². The molecule has 1 fully saturated rings. The fraction of sp³-hybridized carbons (Fsp3) is 0.0625. The van der Waals surface area contributed by atoms with Gasteiger partial charge in [0, 0.05) is 11.8 Å². The summed E-state index contributed by atoms with van der Waals surface area (Å²) >= 11 is 0.803. The Morgan fingerprint density at radius 1 is 1.08 bits per heavy atom. The van der Waals surface area contributed by atoms with Crippen LogP contribution in [0.25, 0.3) is 17.3 Å². The highest BCUT2D eigenvalue weighted by molar-refractivity contribution is 8.18. The second-order valence-corrected chi connectivity index (χ2v) is 5.92. The number of carbonyl (C=O) groups excluding carboxylic acids is 2. The van der Waals surface area contributed by atoms with E-state index in [9.17, 15) is 22.8 Å². The van der Waals surface area contributed by atoms with Crippen LogP contribution in [0.15, 0.2) is 47.5 Å². The minimum atomic E-state index is -4.74. The number of nitrogens with one attached hydrogen (secondary N) is 1. The van der Waals surface area contributed by atoms with Crippen LogP contribution < -0.4 is 10.1 Å². The molecule has 1 N–H and O–H groups in total. The van der Waals surface area contributed by atoms with Gasteiger partial charge in [0.15, 0.2) is 0 Å². The molecule has 9 heteroatoms. The van der Waals surface area contributed by atoms with E-state index in [1.807, 2.05) is 0 Å². The van der Waals surface area contributed by atoms with Crippen LogP contribution in [0.5, 0.6) is 5.75 Å². The van der Waals surface area contributed by atoms with Gasteiger partial charge < -0.3 is 4.74 Å². The van der Waals surface area contributed by atoms with Crippen molar-refractivity contribution in [2.75, 3.05) is 0 Å². The molecule has 0 radical (unpaired) electrons. The monoisotopic (exact) mass is 366 g/mol. The van der Waals surface area contributed by atoms with Crippen molar-refractivity contribution < 1.29 is 27.5 Å². The van der Waals surface area contributed by atoms with Crippen molar-refractivity contribution in [3.8, 4) is 17.0 Å². The molecular weight excluding hydrogens is 357 g/mol. The van der Waals surface area contributed by atoms with Crippen molar-refractivity contribution in [1.82, 2.24) is 10.3 Å². The van der Waals surface area contributed by atoms with E-state index in [1.165, 1.54) is 36.5 Å². The molecule has 0 unspecified atom stereocenters. The average Bonchev–Trinajstić information content (AvgIpc) is 2.85. The van der Waals surface area contributed by atoms with E-state index in [2.05, 4.69) is 15.0 Å². The first kappa shape index (κ1) is 17.0. The quantitative estimate of drug-likeness (QED) is 0.833. The summed E-state index contributed by atoms with van der Waals surface area (Å²) in [6.07, 6.45) is -1.71. The third-order valence-electron chi connectivity index (χ3n) is 3.11. The molecule has 0 spiro atoms. The van der Waals surface area contributed by atoms with Gasteiger partial charge in [-0.1, -0.05) is 6.07 Å². The lowest BCUT2D eigenvalue weighted by atomic mass is 10.1. The van der Waals surface area contributed by atoms with Crippen molar-refractivity contribution in [2.45, 2.75) is 6.36 Å². The third kappa shape index (κ3) is 4.38. The lowest BCUT2D eigenvalue weighted by Crippen LogP contribution is -2.17. The average molecular weight is 366 g/mol. The lowest BCUT2D eigenvalue weighted by molar-refractivity contribution is -0.274. The standard InChI is InChI=1S/C16H9F3N2O3S/c17-16(18,19)24-11-4-2-10(3-5-11)12-6-1-9(8-20-12)7-13-14(22)21-15(23)25-13/h1-8H,(H,21,22,23)/b13-7-. The Hall–Kier alpha value is -2.81. The van der Waals surface area contributed by atoms with Gasteiger partial charge in [0.1, 0.15) is 5.75 Å². The Morgan fingerprint density at radius 3 is 2.32 bits per heavy atom. The van der Waals surface area contributed by atoms with Crippen molar-refractivity contribution in [3.05, 3.63) is 53.1 Å². The second-order valence-electron chi connectivity index (χ2n) is 4.90. The van der Waals surface area contributed by atoms with Crippen LogP contribution in [0.2, 0.25) is 0 Å². The molecule has 0 bridgehead atoms. The molecule has 2 heterocycles. The van der Waals surface area contributed by atoms with Crippen molar-refractivity contribution in [2.24, 2.45) is 0 Å². The fourth-order valence-corrected chi connectivity index (χ4v) is 2.74. The van der Waals surface area contributed by atoms with Crippen LogP contribution >= 0.6 is 11.8 Å².